The molecule has 108 valence electrons. The van der Waals surface area contributed by atoms with Gasteiger partial charge in [-0.05, 0) is 42.9 Å². The van der Waals surface area contributed by atoms with Crippen molar-refractivity contribution in [3.05, 3.63) is 34.9 Å². The van der Waals surface area contributed by atoms with Crippen LogP contribution in [-0.2, 0) is 0 Å². The summed E-state index contributed by atoms with van der Waals surface area (Å²) in [6.07, 6.45) is 8.33. The molecule has 0 bridgehead atoms. The number of ether oxygens (including phenoxy) is 2. The number of benzene rings is 1. The number of hydrogen-bond acceptors (Lipinski definition) is 5. The Balaban J connectivity index is 2.23. The van der Waals surface area contributed by atoms with Crippen LogP contribution in [0.25, 0.3) is 0 Å². The molecular formula is C14H14N4O2S. The Morgan fingerprint density at radius 3 is 3.00 bits per heavy atom. The Bertz CT molecular complexity index is 727. The number of nitrogens with one attached hydrogen (secondary N) is 1. The van der Waals surface area contributed by atoms with Gasteiger partial charge in [0.2, 0.25) is 4.77 Å². The molecule has 1 N–H and O–H groups in total. The van der Waals surface area contributed by atoms with Gasteiger partial charge in [0.05, 0.1) is 12.8 Å². The van der Waals surface area contributed by atoms with E-state index in [1.165, 1.54) is 11.0 Å². The Kier molecular flexibility index (Phi) is 5.12. The molecule has 2 rings (SSSR count). The minimum atomic E-state index is 0.192. The summed E-state index contributed by atoms with van der Waals surface area (Å²) in [5, 5.41) is 10.6. The number of terminal acetylenes is 1. The number of aromatic nitrogens is 3. The van der Waals surface area contributed by atoms with Gasteiger partial charge < -0.3 is 9.47 Å². The highest BCUT2D eigenvalue weighted by Crippen LogP contribution is 2.27. The van der Waals surface area contributed by atoms with Crippen molar-refractivity contribution in [2.24, 2.45) is 5.10 Å². The van der Waals surface area contributed by atoms with E-state index in [0.29, 0.717) is 22.9 Å². The predicted molar refractivity (Wildman–Crippen MR) is 82.3 cm³/mol. The van der Waals surface area contributed by atoms with Crippen molar-refractivity contribution in [1.29, 1.82) is 0 Å². The first kappa shape index (κ1) is 14.8. The lowest BCUT2D eigenvalue weighted by Crippen LogP contribution is -2.00. The van der Waals surface area contributed by atoms with Gasteiger partial charge in [-0.1, -0.05) is 5.92 Å². The number of hydrogen-bond donors (Lipinski definition) is 1. The summed E-state index contributed by atoms with van der Waals surface area (Å²) in [5.41, 5.74) is 0.842. The van der Waals surface area contributed by atoms with Crippen molar-refractivity contribution in [2.75, 3.05) is 13.2 Å². The molecule has 1 aromatic heterocycles. The van der Waals surface area contributed by atoms with Crippen LogP contribution in [-0.4, -0.2) is 34.3 Å². The zero-order valence-corrected chi connectivity index (χ0v) is 12.3. The first-order valence-electron chi connectivity index (χ1n) is 6.24. The Morgan fingerprint density at radius 2 is 2.33 bits per heavy atom. The minimum absolute atomic E-state index is 0.192. The van der Waals surface area contributed by atoms with Crippen molar-refractivity contribution in [3.8, 4) is 23.8 Å². The lowest BCUT2D eigenvalue weighted by Gasteiger charge is -2.10. The van der Waals surface area contributed by atoms with Crippen LogP contribution in [0.5, 0.6) is 11.5 Å². The normalized spacial score (nSPS) is 10.5. The monoisotopic (exact) mass is 302 g/mol. The van der Waals surface area contributed by atoms with E-state index in [4.69, 9.17) is 28.1 Å². The fourth-order valence-electron chi connectivity index (χ4n) is 1.57. The zero-order valence-electron chi connectivity index (χ0n) is 11.4. The molecule has 0 fully saturated rings. The SMILES string of the molecule is C#CCOc1ccc(/C=N\n2cn[nH]c2=S)cc1OCC. The van der Waals surface area contributed by atoms with Gasteiger partial charge in [-0.3, -0.25) is 5.10 Å². The number of nitrogens with zero attached hydrogens (tertiary/aromatic N) is 3. The quantitative estimate of drug-likeness (QED) is 0.505. The van der Waals surface area contributed by atoms with Crippen LogP contribution in [0.1, 0.15) is 12.5 Å². The van der Waals surface area contributed by atoms with Crippen LogP contribution in [0.4, 0.5) is 0 Å². The number of H-pyrrole nitrogens is 1. The van der Waals surface area contributed by atoms with Crippen LogP contribution < -0.4 is 9.47 Å². The Morgan fingerprint density at radius 1 is 1.48 bits per heavy atom. The third-order valence-electron chi connectivity index (χ3n) is 2.45. The van der Waals surface area contributed by atoms with E-state index in [-0.39, 0.29) is 6.61 Å². The van der Waals surface area contributed by atoms with Crippen LogP contribution in [0.3, 0.4) is 0 Å². The largest absolute Gasteiger partial charge is 0.490 e. The summed E-state index contributed by atoms with van der Waals surface area (Å²) in [4.78, 5) is 0. The second-order valence-electron chi connectivity index (χ2n) is 3.88. The molecule has 0 unspecified atom stereocenters. The van der Waals surface area contributed by atoms with E-state index in [2.05, 4.69) is 21.2 Å². The second kappa shape index (κ2) is 7.26. The van der Waals surface area contributed by atoms with Gasteiger partial charge in [0.25, 0.3) is 0 Å². The highest BCUT2D eigenvalue weighted by atomic mass is 32.1. The average Bonchev–Trinajstić information content (AvgIpc) is 2.90. The molecule has 21 heavy (non-hydrogen) atoms. The van der Waals surface area contributed by atoms with Crippen LogP contribution in [0, 0.1) is 17.1 Å². The minimum Gasteiger partial charge on any atom is -0.490 e. The molecule has 6 nitrogen and oxygen atoms in total. The summed E-state index contributed by atoms with van der Waals surface area (Å²) in [6.45, 7) is 2.62. The first-order chi connectivity index (χ1) is 10.2. The molecule has 0 atom stereocenters. The lowest BCUT2D eigenvalue weighted by atomic mass is 10.2. The fraction of sp³-hybridized carbons (Fsp3) is 0.214. The van der Waals surface area contributed by atoms with Crippen molar-refractivity contribution in [3.63, 3.8) is 0 Å². The maximum Gasteiger partial charge on any atom is 0.216 e. The number of rotatable bonds is 6. The highest BCUT2D eigenvalue weighted by Gasteiger charge is 2.05. The molecule has 1 aromatic carbocycles. The van der Waals surface area contributed by atoms with Gasteiger partial charge in [-0.2, -0.15) is 14.9 Å². The predicted octanol–water partition coefficient (Wildman–Crippen LogP) is 2.23. The molecule has 0 aliphatic heterocycles. The van der Waals surface area contributed by atoms with Crippen LogP contribution in [0.2, 0.25) is 0 Å². The van der Waals surface area contributed by atoms with Crippen LogP contribution in [0.15, 0.2) is 29.6 Å². The molecule has 7 heteroatoms. The van der Waals surface area contributed by atoms with Gasteiger partial charge in [0.15, 0.2) is 11.5 Å². The molecule has 0 aliphatic carbocycles. The van der Waals surface area contributed by atoms with E-state index in [0.717, 1.165) is 5.56 Å². The highest BCUT2D eigenvalue weighted by molar-refractivity contribution is 7.71. The summed E-state index contributed by atoms with van der Waals surface area (Å²) >= 11 is 5.00. The zero-order chi connectivity index (χ0) is 15.1. The first-order valence-corrected chi connectivity index (χ1v) is 6.65. The molecule has 1 heterocycles. The van der Waals surface area contributed by atoms with E-state index >= 15 is 0 Å². The fourth-order valence-corrected chi connectivity index (χ4v) is 1.71. The third kappa shape index (κ3) is 3.94. The smallest absolute Gasteiger partial charge is 0.216 e. The van der Waals surface area contributed by atoms with Gasteiger partial charge in [-0.15, -0.1) is 6.42 Å². The van der Waals surface area contributed by atoms with Crippen molar-refractivity contribution in [2.45, 2.75) is 6.92 Å². The average molecular weight is 302 g/mol. The molecule has 0 spiro atoms. The standard InChI is InChI=1S/C14H14N4O2S/c1-3-7-20-12-6-5-11(8-13(12)19-4-2)9-16-18-10-15-17-14(18)21/h1,5-6,8-10H,4,7H2,2H3,(H,17,21)/b16-9-. The molecule has 0 saturated heterocycles. The second-order valence-corrected chi connectivity index (χ2v) is 4.27. The van der Waals surface area contributed by atoms with Gasteiger partial charge in [0, 0.05) is 0 Å². The Hall–Kier alpha value is -2.59. The maximum absolute atomic E-state index is 5.53. The molecule has 0 aliphatic rings. The van der Waals surface area contributed by atoms with E-state index < -0.39 is 0 Å². The number of aromatic amines is 1. The molecular weight excluding hydrogens is 288 g/mol. The van der Waals surface area contributed by atoms with Crippen molar-refractivity contribution >= 4 is 18.4 Å². The molecule has 0 radical (unpaired) electrons. The maximum atomic E-state index is 5.53. The summed E-state index contributed by atoms with van der Waals surface area (Å²) < 4.78 is 12.8. The van der Waals surface area contributed by atoms with Crippen molar-refractivity contribution < 1.29 is 9.47 Å². The molecule has 2 aromatic rings. The Labute approximate surface area is 127 Å². The molecule has 0 saturated carbocycles. The molecule has 0 amide bonds. The van der Waals surface area contributed by atoms with E-state index in [1.54, 1.807) is 12.3 Å². The summed E-state index contributed by atoms with van der Waals surface area (Å²) in [5.74, 6) is 3.64. The van der Waals surface area contributed by atoms with Gasteiger partial charge in [-0.25, -0.2) is 0 Å². The van der Waals surface area contributed by atoms with Gasteiger partial charge >= 0.3 is 0 Å². The third-order valence-corrected chi connectivity index (χ3v) is 2.72. The van der Waals surface area contributed by atoms with E-state index in [9.17, 15) is 0 Å². The summed E-state index contributed by atoms with van der Waals surface area (Å²) in [7, 11) is 0. The van der Waals surface area contributed by atoms with Gasteiger partial charge in [0.1, 0.15) is 12.9 Å². The van der Waals surface area contributed by atoms with Crippen LogP contribution >= 0.6 is 12.2 Å². The summed E-state index contributed by atoms with van der Waals surface area (Å²) in [6, 6.07) is 5.46. The van der Waals surface area contributed by atoms with E-state index in [1.807, 2.05) is 19.1 Å². The topological polar surface area (TPSA) is 64.4 Å². The lowest BCUT2D eigenvalue weighted by molar-refractivity contribution is 0.299. The van der Waals surface area contributed by atoms with Crippen molar-refractivity contribution in [1.82, 2.24) is 14.9 Å².